The lowest BCUT2D eigenvalue weighted by Crippen LogP contribution is -2.60. The molecule has 236 valence electrons. The average Bonchev–Trinajstić information content (AvgIpc) is 3.27. The molecule has 1 aromatic rings. The Kier molecular flexibility index (Phi) is 9.38. The van der Waals surface area contributed by atoms with Crippen LogP contribution in [0.1, 0.15) is 59.2 Å². The van der Waals surface area contributed by atoms with Crippen molar-refractivity contribution >= 4 is 36.0 Å². The zero-order chi connectivity index (χ0) is 31.4. The number of fused-ring (bicyclic) bond motifs is 1. The number of likely N-dealkylation sites (tertiary alicyclic amines) is 2. The molecule has 5 rings (SSSR count). The number of hydrogen-bond donors (Lipinski definition) is 3. The van der Waals surface area contributed by atoms with Crippen molar-refractivity contribution < 1.29 is 24.0 Å². The second kappa shape index (κ2) is 13.2. The number of imide groups is 1. The van der Waals surface area contributed by atoms with Crippen molar-refractivity contribution in [1.82, 2.24) is 20.0 Å². The minimum Gasteiger partial charge on any atom is -0.396 e. The van der Waals surface area contributed by atoms with E-state index in [1.165, 1.54) is 7.05 Å². The zero-order valence-corrected chi connectivity index (χ0v) is 25.4. The molecule has 0 aliphatic carbocycles. The molecule has 1 unspecified atom stereocenters. The molecule has 0 radical (unpaired) electrons. The largest absolute Gasteiger partial charge is 0.396 e. The summed E-state index contributed by atoms with van der Waals surface area (Å²) in [7, 11) is 1.45. The Balaban J connectivity index is 1.11. The van der Waals surface area contributed by atoms with Gasteiger partial charge in [0.1, 0.15) is 12.3 Å². The lowest BCUT2D eigenvalue weighted by atomic mass is 9.71. The van der Waals surface area contributed by atoms with Gasteiger partial charge in [-0.1, -0.05) is 0 Å². The Morgan fingerprint density at radius 1 is 1.02 bits per heavy atom. The van der Waals surface area contributed by atoms with Gasteiger partial charge in [0.25, 0.3) is 11.8 Å². The number of nitrogens with zero attached hydrogens (tertiary/aromatic N) is 4. The highest BCUT2D eigenvalue weighted by Crippen LogP contribution is 2.43. The van der Waals surface area contributed by atoms with Crippen LogP contribution in [0.5, 0.6) is 0 Å². The molecule has 0 saturated carbocycles. The van der Waals surface area contributed by atoms with Crippen LogP contribution in [0.4, 0.5) is 5.69 Å². The van der Waals surface area contributed by atoms with Crippen molar-refractivity contribution in [3.05, 3.63) is 53.0 Å². The molecule has 4 aliphatic heterocycles. The number of anilines is 1. The Hall–Kier alpha value is -4.19. The monoisotopic (exact) mass is 605 g/mol. The molecule has 4 heterocycles. The van der Waals surface area contributed by atoms with E-state index in [1.54, 1.807) is 24.3 Å². The van der Waals surface area contributed by atoms with Gasteiger partial charge in [-0.3, -0.25) is 24.1 Å². The van der Waals surface area contributed by atoms with Crippen LogP contribution in [0.2, 0.25) is 0 Å². The number of aldehydes is 2. The molecule has 4 aliphatic rings. The van der Waals surface area contributed by atoms with Crippen LogP contribution in [-0.4, -0.2) is 104 Å². The maximum Gasteiger partial charge on any atom is 0.262 e. The van der Waals surface area contributed by atoms with Gasteiger partial charge in [-0.25, -0.2) is 0 Å². The average molecular weight is 606 g/mol. The standard InChI is InChI=1S/C32H43N7O5/c1-35-29(42)27(3-2-16-40)39-30(43)25-6-5-24(17-26(25)31(39)44)38-20-32(21-38)10-14-36(15-11-32)18-22-8-12-37(13-9-22)28(34)7-4-23(33)19-41/h4-7,16-17,19,22,27H,2-3,8-15,18,20-21,33-34H2,1H3,(H,35,42)/b23-4-,28-7+. The van der Waals surface area contributed by atoms with E-state index < -0.39 is 23.8 Å². The number of piperidine rings is 2. The Labute approximate surface area is 258 Å². The summed E-state index contributed by atoms with van der Waals surface area (Å²) in [6, 6.07) is 4.33. The first-order valence-corrected chi connectivity index (χ1v) is 15.5. The predicted molar refractivity (Wildman–Crippen MR) is 165 cm³/mol. The quantitative estimate of drug-likeness (QED) is 0.143. The smallest absolute Gasteiger partial charge is 0.262 e. The van der Waals surface area contributed by atoms with Crippen LogP contribution in [0.15, 0.2) is 41.9 Å². The SMILES string of the molecule is CNC(=O)C(CCC=O)N1C(=O)c2ccc(N3CC4(CCN(CC5CCN(/C(N)=C/C=C(\N)C=O)CC5)CC4)C3)cc2C1=O. The van der Waals surface area contributed by atoms with E-state index in [0.29, 0.717) is 35.4 Å². The number of carbonyl (C=O) groups excluding carboxylic acids is 5. The van der Waals surface area contributed by atoms with E-state index >= 15 is 0 Å². The molecule has 5 N–H and O–H groups in total. The molecule has 0 bridgehead atoms. The molecule has 12 nitrogen and oxygen atoms in total. The number of benzene rings is 1. The molecular weight excluding hydrogens is 562 g/mol. The molecule has 3 amide bonds. The third kappa shape index (κ3) is 6.35. The Bertz CT molecular complexity index is 1350. The van der Waals surface area contributed by atoms with Gasteiger partial charge in [-0.2, -0.15) is 0 Å². The van der Waals surface area contributed by atoms with Gasteiger partial charge in [0.2, 0.25) is 5.91 Å². The molecule has 3 saturated heterocycles. The molecule has 1 atom stereocenters. The molecule has 0 aromatic heterocycles. The first kappa shape index (κ1) is 31.2. The van der Waals surface area contributed by atoms with Gasteiger partial charge in [0, 0.05) is 57.3 Å². The van der Waals surface area contributed by atoms with Crippen LogP contribution >= 0.6 is 0 Å². The fourth-order valence-electron chi connectivity index (χ4n) is 7.03. The van der Waals surface area contributed by atoms with Crippen molar-refractivity contribution in [2.24, 2.45) is 22.8 Å². The van der Waals surface area contributed by atoms with Crippen LogP contribution in [0.3, 0.4) is 0 Å². The zero-order valence-electron chi connectivity index (χ0n) is 25.4. The first-order valence-electron chi connectivity index (χ1n) is 15.5. The number of nitrogens with two attached hydrogens (primary N) is 2. The van der Waals surface area contributed by atoms with E-state index in [9.17, 15) is 24.0 Å². The fraction of sp³-hybridized carbons (Fsp3) is 0.531. The van der Waals surface area contributed by atoms with E-state index in [0.717, 1.165) is 82.1 Å². The Morgan fingerprint density at radius 2 is 1.70 bits per heavy atom. The second-order valence-electron chi connectivity index (χ2n) is 12.5. The summed E-state index contributed by atoms with van der Waals surface area (Å²) in [6.07, 6.45) is 9.12. The van der Waals surface area contributed by atoms with Crippen molar-refractivity contribution in [1.29, 1.82) is 0 Å². The summed E-state index contributed by atoms with van der Waals surface area (Å²) in [5.41, 5.74) is 13.7. The van der Waals surface area contributed by atoms with Gasteiger partial charge in [0.15, 0.2) is 6.29 Å². The fourth-order valence-corrected chi connectivity index (χ4v) is 7.03. The van der Waals surface area contributed by atoms with E-state index in [-0.39, 0.29) is 24.0 Å². The molecule has 3 fully saturated rings. The summed E-state index contributed by atoms with van der Waals surface area (Å²) in [5, 5.41) is 2.50. The number of likely N-dealkylation sites (N-methyl/N-ethyl adjacent to an activating group) is 1. The maximum atomic E-state index is 13.3. The summed E-state index contributed by atoms with van der Waals surface area (Å²) in [5.74, 6) is -0.169. The van der Waals surface area contributed by atoms with Crippen LogP contribution in [-0.2, 0) is 14.4 Å². The van der Waals surface area contributed by atoms with Crippen LogP contribution in [0, 0.1) is 11.3 Å². The van der Waals surface area contributed by atoms with Crippen LogP contribution in [0.25, 0.3) is 0 Å². The van der Waals surface area contributed by atoms with Crippen molar-refractivity contribution in [2.45, 2.75) is 44.6 Å². The summed E-state index contributed by atoms with van der Waals surface area (Å²) in [6.45, 7) is 6.85. The summed E-state index contributed by atoms with van der Waals surface area (Å²) in [4.78, 5) is 68.5. The minimum atomic E-state index is -1.02. The second-order valence-corrected chi connectivity index (χ2v) is 12.5. The van der Waals surface area contributed by atoms with Gasteiger partial charge < -0.3 is 36.3 Å². The number of rotatable bonds is 11. The summed E-state index contributed by atoms with van der Waals surface area (Å²) < 4.78 is 0. The lowest BCUT2D eigenvalue weighted by Gasteiger charge is -2.55. The minimum absolute atomic E-state index is 0.0779. The third-order valence-electron chi connectivity index (χ3n) is 9.73. The van der Waals surface area contributed by atoms with Crippen LogP contribution < -0.4 is 21.7 Å². The highest BCUT2D eigenvalue weighted by molar-refractivity contribution is 6.23. The van der Waals surface area contributed by atoms with Gasteiger partial charge in [-0.15, -0.1) is 0 Å². The number of carbonyl (C=O) groups is 5. The molecular formula is C32H43N7O5. The molecule has 1 spiro atoms. The van der Waals surface area contributed by atoms with Crippen molar-refractivity contribution in [3.63, 3.8) is 0 Å². The van der Waals surface area contributed by atoms with Crippen molar-refractivity contribution in [2.75, 3.05) is 57.8 Å². The number of hydrogen-bond acceptors (Lipinski definition) is 10. The molecule has 12 heteroatoms. The van der Waals surface area contributed by atoms with Gasteiger partial charge in [-0.05, 0) is 81.5 Å². The highest BCUT2D eigenvalue weighted by atomic mass is 16.2. The first-order chi connectivity index (χ1) is 21.2. The number of amides is 3. The topological polar surface area (TPSA) is 162 Å². The highest BCUT2D eigenvalue weighted by Gasteiger charge is 2.47. The molecule has 44 heavy (non-hydrogen) atoms. The van der Waals surface area contributed by atoms with E-state index in [2.05, 4.69) is 20.0 Å². The van der Waals surface area contributed by atoms with Gasteiger partial charge >= 0.3 is 0 Å². The van der Waals surface area contributed by atoms with E-state index in [4.69, 9.17) is 11.5 Å². The lowest BCUT2D eigenvalue weighted by molar-refractivity contribution is -0.124. The molecule has 1 aromatic carbocycles. The number of nitrogens with one attached hydrogen (secondary N) is 1. The maximum absolute atomic E-state index is 13.3. The normalized spacial score (nSPS) is 21.7. The Morgan fingerprint density at radius 3 is 2.34 bits per heavy atom. The van der Waals surface area contributed by atoms with Gasteiger partial charge in [0.05, 0.1) is 22.6 Å². The summed E-state index contributed by atoms with van der Waals surface area (Å²) >= 11 is 0. The third-order valence-corrected chi connectivity index (χ3v) is 9.73. The van der Waals surface area contributed by atoms with E-state index in [1.807, 2.05) is 6.07 Å². The van der Waals surface area contributed by atoms with Crippen molar-refractivity contribution in [3.8, 4) is 0 Å². The predicted octanol–water partition coefficient (Wildman–Crippen LogP) is 0.832. The number of allylic oxidation sites excluding steroid dienone is 3.